The number of benzene rings is 3. The fraction of sp³-hybridized carbons (Fsp3) is 0.200. The summed E-state index contributed by atoms with van der Waals surface area (Å²) in [6.45, 7) is 4.33. The number of nitrogens with zero attached hydrogens (tertiary/aromatic N) is 1. The second kappa shape index (κ2) is 9.69. The predicted molar refractivity (Wildman–Crippen MR) is 117 cm³/mol. The molecule has 3 rings (SSSR count). The number of carbonyl (C=O) groups is 2. The summed E-state index contributed by atoms with van der Waals surface area (Å²) in [5, 5.41) is 3.02. The van der Waals surface area contributed by atoms with E-state index in [2.05, 4.69) is 5.32 Å². The van der Waals surface area contributed by atoms with Gasteiger partial charge in [0.05, 0.1) is 5.92 Å². The highest BCUT2D eigenvalue weighted by Gasteiger charge is 2.22. The molecule has 0 aliphatic heterocycles. The van der Waals surface area contributed by atoms with Crippen LogP contribution < -0.4 is 10.2 Å². The minimum absolute atomic E-state index is 0.0486. The molecule has 0 spiro atoms. The monoisotopic (exact) mass is 386 g/mol. The lowest BCUT2D eigenvalue weighted by molar-refractivity contribution is -0.122. The van der Waals surface area contributed by atoms with Gasteiger partial charge >= 0.3 is 0 Å². The molecule has 0 aliphatic rings. The molecule has 148 valence electrons. The first kappa shape index (κ1) is 20.3. The molecule has 0 atom stereocenters. The van der Waals surface area contributed by atoms with E-state index in [0.717, 1.165) is 22.4 Å². The topological polar surface area (TPSA) is 49.4 Å². The Morgan fingerprint density at radius 1 is 0.862 bits per heavy atom. The predicted octanol–water partition coefficient (Wildman–Crippen LogP) is 4.30. The smallest absolute Gasteiger partial charge is 0.232 e. The average Bonchev–Trinajstić information content (AvgIpc) is 2.73. The Morgan fingerprint density at radius 2 is 1.45 bits per heavy atom. The van der Waals surface area contributed by atoms with E-state index in [9.17, 15) is 9.59 Å². The number of nitrogens with one attached hydrogen (secondary N) is 1. The molecule has 3 aromatic carbocycles. The number of amides is 2. The van der Waals surface area contributed by atoms with Crippen molar-refractivity contribution in [3.05, 3.63) is 102 Å². The van der Waals surface area contributed by atoms with Crippen molar-refractivity contribution in [2.75, 3.05) is 18.0 Å². The minimum Gasteiger partial charge on any atom is -0.353 e. The molecule has 0 heterocycles. The number of anilines is 1. The Balaban J connectivity index is 1.72. The molecule has 0 saturated carbocycles. The van der Waals surface area contributed by atoms with E-state index >= 15 is 0 Å². The van der Waals surface area contributed by atoms with Crippen LogP contribution in [0.5, 0.6) is 0 Å². The van der Waals surface area contributed by atoms with Gasteiger partial charge in [0.25, 0.3) is 0 Å². The van der Waals surface area contributed by atoms with E-state index in [0.29, 0.717) is 13.1 Å². The maximum absolute atomic E-state index is 13.1. The van der Waals surface area contributed by atoms with Crippen molar-refractivity contribution < 1.29 is 9.59 Å². The summed E-state index contributed by atoms with van der Waals surface area (Å²) >= 11 is 0. The lowest BCUT2D eigenvalue weighted by atomic mass is 9.90. The number of hydrogen-bond donors (Lipinski definition) is 1. The molecular weight excluding hydrogens is 360 g/mol. The third-order valence-corrected chi connectivity index (χ3v) is 4.86. The first-order chi connectivity index (χ1) is 14.1. The Morgan fingerprint density at radius 3 is 1.97 bits per heavy atom. The van der Waals surface area contributed by atoms with Crippen LogP contribution in [0, 0.1) is 6.92 Å². The molecule has 2 amide bonds. The van der Waals surface area contributed by atoms with Gasteiger partial charge in [0.15, 0.2) is 0 Å². The van der Waals surface area contributed by atoms with Gasteiger partial charge in [-0.15, -0.1) is 0 Å². The van der Waals surface area contributed by atoms with Crippen LogP contribution in [0.3, 0.4) is 0 Å². The summed E-state index contributed by atoms with van der Waals surface area (Å²) in [5.41, 5.74) is 3.82. The minimum atomic E-state index is -0.387. The van der Waals surface area contributed by atoms with Gasteiger partial charge in [-0.1, -0.05) is 72.8 Å². The fourth-order valence-corrected chi connectivity index (χ4v) is 3.44. The molecule has 0 bridgehead atoms. The summed E-state index contributed by atoms with van der Waals surface area (Å²) in [6, 6.07) is 27.3. The van der Waals surface area contributed by atoms with Crippen LogP contribution in [-0.2, 0) is 9.59 Å². The third-order valence-electron chi connectivity index (χ3n) is 4.86. The van der Waals surface area contributed by atoms with Crippen LogP contribution in [-0.4, -0.2) is 24.9 Å². The van der Waals surface area contributed by atoms with Crippen molar-refractivity contribution in [3.63, 3.8) is 0 Å². The highest BCUT2D eigenvalue weighted by molar-refractivity contribution is 5.92. The van der Waals surface area contributed by atoms with Crippen LogP contribution in [0.25, 0.3) is 0 Å². The van der Waals surface area contributed by atoms with Crippen LogP contribution >= 0.6 is 0 Å². The zero-order chi connectivity index (χ0) is 20.6. The van der Waals surface area contributed by atoms with Gasteiger partial charge in [0, 0.05) is 25.7 Å². The lowest BCUT2D eigenvalue weighted by Gasteiger charge is -2.23. The number of hydrogen-bond acceptors (Lipinski definition) is 2. The molecule has 0 saturated heterocycles. The molecule has 4 heteroatoms. The molecular formula is C25H26N2O2. The van der Waals surface area contributed by atoms with Crippen LogP contribution in [0.4, 0.5) is 5.69 Å². The van der Waals surface area contributed by atoms with Gasteiger partial charge in [-0.3, -0.25) is 9.59 Å². The Hall–Kier alpha value is -3.40. The maximum atomic E-state index is 13.1. The molecule has 4 nitrogen and oxygen atoms in total. The maximum Gasteiger partial charge on any atom is 0.232 e. The quantitative estimate of drug-likeness (QED) is 0.658. The van der Waals surface area contributed by atoms with Crippen molar-refractivity contribution >= 4 is 17.5 Å². The standard InChI is InChI=1S/C25H26N2O2/c1-19-10-9-15-23(18-19)27(20(2)28)17-16-26-25(29)24(21-11-5-3-6-12-21)22-13-7-4-8-14-22/h3-15,18,24H,16-17H2,1-2H3,(H,26,29). The van der Waals surface area contributed by atoms with E-state index in [1.807, 2.05) is 91.9 Å². The summed E-state index contributed by atoms with van der Waals surface area (Å²) in [7, 11) is 0. The normalized spacial score (nSPS) is 10.6. The lowest BCUT2D eigenvalue weighted by Crippen LogP contribution is -2.39. The van der Waals surface area contributed by atoms with E-state index < -0.39 is 0 Å². The van der Waals surface area contributed by atoms with Crippen LogP contribution in [0.15, 0.2) is 84.9 Å². The molecule has 0 aliphatic carbocycles. The molecule has 0 radical (unpaired) electrons. The molecule has 29 heavy (non-hydrogen) atoms. The summed E-state index contributed by atoms with van der Waals surface area (Å²) in [4.78, 5) is 26.9. The number of aryl methyl sites for hydroxylation is 1. The van der Waals surface area contributed by atoms with E-state index in [-0.39, 0.29) is 17.7 Å². The van der Waals surface area contributed by atoms with Crippen molar-refractivity contribution in [2.24, 2.45) is 0 Å². The van der Waals surface area contributed by atoms with Crippen molar-refractivity contribution in [1.29, 1.82) is 0 Å². The van der Waals surface area contributed by atoms with Crippen molar-refractivity contribution in [2.45, 2.75) is 19.8 Å². The first-order valence-corrected chi connectivity index (χ1v) is 9.78. The molecule has 3 aromatic rings. The van der Waals surface area contributed by atoms with Crippen LogP contribution in [0.2, 0.25) is 0 Å². The SMILES string of the molecule is CC(=O)N(CCNC(=O)C(c1ccccc1)c1ccccc1)c1cccc(C)c1. The van der Waals surface area contributed by atoms with Gasteiger partial charge < -0.3 is 10.2 Å². The zero-order valence-electron chi connectivity index (χ0n) is 16.8. The van der Waals surface area contributed by atoms with Gasteiger partial charge in [0.1, 0.15) is 0 Å². The summed E-state index contributed by atoms with van der Waals surface area (Å²) in [5.74, 6) is -0.509. The van der Waals surface area contributed by atoms with Gasteiger partial charge in [-0.25, -0.2) is 0 Å². The van der Waals surface area contributed by atoms with Gasteiger partial charge in [0.2, 0.25) is 11.8 Å². The second-order valence-corrected chi connectivity index (χ2v) is 7.06. The van der Waals surface area contributed by atoms with E-state index in [4.69, 9.17) is 0 Å². The zero-order valence-corrected chi connectivity index (χ0v) is 16.8. The first-order valence-electron chi connectivity index (χ1n) is 9.78. The Labute approximate surface area is 172 Å². The third kappa shape index (κ3) is 5.32. The summed E-state index contributed by atoms with van der Waals surface area (Å²) < 4.78 is 0. The largest absolute Gasteiger partial charge is 0.353 e. The Kier molecular flexibility index (Phi) is 6.80. The highest BCUT2D eigenvalue weighted by Crippen LogP contribution is 2.24. The number of carbonyl (C=O) groups excluding carboxylic acids is 2. The molecule has 0 unspecified atom stereocenters. The Bertz CT molecular complexity index is 915. The summed E-state index contributed by atoms with van der Waals surface area (Å²) in [6.07, 6.45) is 0. The highest BCUT2D eigenvalue weighted by atomic mass is 16.2. The van der Waals surface area contributed by atoms with Crippen LogP contribution in [0.1, 0.15) is 29.5 Å². The van der Waals surface area contributed by atoms with Crippen molar-refractivity contribution in [1.82, 2.24) is 5.32 Å². The van der Waals surface area contributed by atoms with E-state index in [1.54, 1.807) is 11.8 Å². The van der Waals surface area contributed by atoms with Gasteiger partial charge in [-0.05, 0) is 35.7 Å². The average molecular weight is 386 g/mol. The molecule has 0 fully saturated rings. The second-order valence-electron chi connectivity index (χ2n) is 7.06. The van der Waals surface area contributed by atoms with Gasteiger partial charge in [-0.2, -0.15) is 0 Å². The fourth-order valence-electron chi connectivity index (χ4n) is 3.44. The van der Waals surface area contributed by atoms with Crippen molar-refractivity contribution in [3.8, 4) is 0 Å². The molecule has 1 N–H and O–H groups in total. The molecule has 0 aromatic heterocycles. The number of rotatable bonds is 7. The van der Waals surface area contributed by atoms with E-state index in [1.165, 1.54) is 0 Å².